The number of fused-ring (bicyclic) bond motifs is 1. The molecule has 0 fully saturated rings. The van der Waals surface area contributed by atoms with Gasteiger partial charge in [-0.2, -0.15) is 0 Å². The van der Waals surface area contributed by atoms with Crippen LogP contribution in [0.1, 0.15) is 5.56 Å². The van der Waals surface area contributed by atoms with Crippen LogP contribution in [0.4, 0.5) is 5.13 Å². The molecular formula is C21H26N3O3S+. The van der Waals surface area contributed by atoms with Crippen LogP contribution in [-0.4, -0.2) is 52.3 Å². The van der Waals surface area contributed by atoms with Gasteiger partial charge in [0.05, 0.1) is 47.8 Å². The van der Waals surface area contributed by atoms with Crippen LogP contribution in [0.5, 0.6) is 11.5 Å². The molecule has 0 spiro atoms. The second kappa shape index (κ2) is 9.03. The summed E-state index contributed by atoms with van der Waals surface area (Å²) in [5.74, 6) is 1.43. The molecule has 0 atom stereocenters. The van der Waals surface area contributed by atoms with E-state index in [1.54, 1.807) is 19.1 Å². The van der Waals surface area contributed by atoms with Crippen molar-refractivity contribution in [3.63, 3.8) is 0 Å². The largest absolute Gasteiger partial charge is 0.495 e. The summed E-state index contributed by atoms with van der Waals surface area (Å²) in [7, 11) is 7.40. The van der Waals surface area contributed by atoms with Gasteiger partial charge in [0.15, 0.2) is 5.13 Å². The van der Waals surface area contributed by atoms with E-state index in [0.29, 0.717) is 23.8 Å². The highest BCUT2D eigenvalue weighted by molar-refractivity contribution is 7.22. The van der Waals surface area contributed by atoms with Crippen molar-refractivity contribution < 1.29 is 19.2 Å². The van der Waals surface area contributed by atoms with Gasteiger partial charge in [0.25, 0.3) is 0 Å². The van der Waals surface area contributed by atoms with Crippen molar-refractivity contribution in [3.8, 4) is 11.5 Å². The first kappa shape index (κ1) is 20.1. The minimum atomic E-state index is 0.0319. The van der Waals surface area contributed by atoms with Crippen LogP contribution < -0.4 is 19.3 Å². The van der Waals surface area contributed by atoms with Gasteiger partial charge in [-0.25, -0.2) is 4.98 Å². The lowest BCUT2D eigenvalue weighted by atomic mass is 10.1. The smallest absolute Gasteiger partial charge is 0.233 e. The van der Waals surface area contributed by atoms with Crippen molar-refractivity contribution >= 4 is 32.6 Å². The summed E-state index contributed by atoms with van der Waals surface area (Å²) in [6, 6.07) is 13.5. The summed E-state index contributed by atoms with van der Waals surface area (Å²) in [6.45, 7) is 1.42. The highest BCUT2D eigenvalue weighted by Crippen LogP contribution is 2.40. The zero-order valence-corrected chi connectivity index (χ0v) is 17.5. The third kappa shape index (κ3) is 4.43. The number of benzene rings is 2. The number of hydrogen-bond donors (Lipinski definition) is 1. The Bertz CT molecular complexity index is 900. The standard InChI is InChI=1S/C21H25N3O3S/c1-23(2)12-13-24(18(25)14-15-8-6-5-7-9-15)21-22-19-16(26-3)10-11-17(27-4)20(19)28-21/h5-11H,12-14H2,1-4H3/p+1. The van der Waals surface area contributed by atoms with E-state index in [-0.39, 0.29) is 5.91 Å². The number of hydrogen-bond acceptors (Lipinski definition) is 5. The molecule has 0 bridgehead atoms. The molecular weight excluding hydrogens is 374 g/mol. The molecule has 6 nitrogen and oxygen atoms in total. The number of ether oxygens (including phenoxy) is 2. The fourth-order valence-corrected chi connectivity index (χ4v) is 4.04. The zero-order chi connectivity index (χ0) is 20.1. The molecule has 28 heavy (non-hydrogen) atoms. The highest BCUT2D eigenvalue weighted by Gasteiger charge is 2.23. The Balaban J connectivity index is 1.98. The number of nitrogens with one attached hydrogen (secondary N) is 1. The number of aromatic nitrogens is 1. The number of carbonyl (C=O) groups excluding carboxylic acids is 1. The first-order valence-electron chi connectivity index (χ1n) is 9.18. The maximum Gasteiger partial charge on any atom is 0.233 e. The number of rotatable bonds is 8. The Kier molecular flexibility index (Phi) is 6.49. The van der Waals surface area contributed by atoms with Gasteiger partial charge in [-0.1, -0.05) is 41.7 Å². The Morgan fingerprint density at radius 1 is 1.07 bits per heavy atom. The Morgan fingerprint density at radius 2 is 1.75 bits per heavy atom. The van der Waals surface area contributed by atoms with E-state index in [2.05, 4.69) is 14.1 Å². The maximum atomic E-state index is 13.1. The van der Waals surface area contributed by atoms with Crippen LogP contribution in [0, 0.1) is 0 Å². The molecule has 0 aliphatic rings. The van der Waals surface area contributed by atoms with E-state index in [9.17, 15) is 4.79 Å². The second-order valence-electron chi connectivity index (χ2n) is 6.81. The maximum absolute atomic E-state index is 13.1. The van der Waals surface area contributed by atoms with Crippen molar-refractivity contribution in [1.29, 1.82) is 0 Å². The third-order valence-electron chi connectivity index (χ3n) is 4.46. The normalized spacial score (nSPS) is 11.0. The van der Waals surface area contributed by atoms with Crippen LogP contribution >= 0.6 is 11.3 Å². The topological polar surface area (TPSA) is 56.1 Å². The van der Waals surface area contributed by atoms with Crippen molar-refractivity contribution in [2.45, 2.75) is 6.42 Å². The van der Waals surface area contributed by atoms with Gasteiger partial charge in [0.1, 0.15) is 21.7 Å². The van der Waals surface area contributed by atoms with Crippen molar-refractivity contribution in [3.05, 3.63) is 48.0 Å². The van der Waals surface area contributed by atoms with Gasteiger partial charge >= 0.3 is 0 Å². The average Bonchev–Trinajstić information content (AvgIpc) is 3.13. The molecule has 0 aliphatic carbocycles. The fourth-order valence-electron chi connectivity index (χ4n) is 2.92. The molecule has 0 unspecified atom stereocenters. The molecule has 7 heteroatoms. The Labute approximate surface area is 169 Å². The quantitative estimate of drug-likeness (QED) is 0.629. The zero-order valence-electron chi connectivity index (χ0n) is 16.7. The predicted octanol–water partition coefficient (Wildman–Crippen LogP) is 2.03. The Hall–Kier alpha value is -2.64. The van der Waals surface area contributed by atoms with Gasteiger partial charge in [-0.3, -0.25) is 9.69 Å². The first-order valence-corrected chi connectivity index (χ1v) is 10.00. The Morgan fingerprint density at radius 3 is 2.39 bits per heavy atom. The molecule has 1 aromatic heterocycles. The SMILES string of the molecule is COc1ccc(OC)c2sc(N(CC[NH+](C)C)C(=O)Cc3ccccc3)nc12. The van der Waals surface area contributed by atoms with Crippen LogP contribution in [0.3, 0.4) is 0 Å². The lowest BCUT2D eigenvalue weighted by Gasteiger charge is -2.20. The van der Waals surface area contributed by atoms with Crippen molar-refractivity contribution in [1.82, 2.24) is 4.98 Å². The van der Waals surface area contributed by atoms with E-state index in [0.717, 1.165) is 28.1 Å². The predicted molar refractivity (Wildman–Crippen MR) is 113 cm³/mol. The van der Waals surface area contributed by atoms with Crippen LogP contribution in [0.15, 0.2) is 42.5 Å². The molecule has 1 N–H and O–H groups in total. The minimum Gasteiger partial charge on any atom is -0.495 e. The molecule has 1 heterocycles. The number of anilines is 1. The third-order valence-corrected chi connectivity index (χ3v) is 5.56. The van der Waals surface area contributed by atoms with Gasteiger partial charge < -0.3 is 14.4 Å². The van der Waals surface area contributed by atoms with Crippen molar-refractivity contribution in [2.24, 2.45) is 0 Å². The number of thiazole rings is 1. The summed E-state index contributed by atoms with van der Waals surface area (Å²) >= 11 is 1.46. The summed E-state index contributed by atoms with van der Waals surface area (Å²) in [5, 5.41) is 0.667. The van der Waals surface area contributed by atoms with Crippen LogP contribution in [0.25, 0.3) is 10.2 Å². The highest BCUT2D eigenvalue weighted by atomic mass is 32.1. The number of methoxy groups -OCH3 is 2. The van der Waals surface area contributed by atoms with Gasteiger partial charge in [0, 0.05) is 0 Å². The number of nitrogens with zero attached hydrogens (tertiary/aromatic N) is 2. The van der Waals surface area contributed by atoms with Gasteiger partial charge in [0.2, 0.25) is 5.91 Å². The van der Waals surface area contributed by atoms with E-state index < -0.39 is 0 Å². The molecule has 0 radical (unpaired) electrons. The molecule has 2 aromatic carbocycles. The first-order chi connectivity index (χ1) is 13.5. The molecule has 0 aliphatic heterocycles. The van der Waals surface area contributed by atoms with E-state index >= 15 is 0 Å². The second-order valence-corrected chi connectivity index (χ2v) is 7.79. The van der Waals surface area contributed by atoms with E-state index in [1.807, 2.05) is 42.5 Å². The van der Waals surface area contributed by atoms with Gasteiger partial charge in [-0.05, 0) is 17.7 Å². The molecule has 0 saturated heterocycles. The molecule has 148 valence electrons. The molecule has 3 aromatic rings. The molecule has 1 amide bonds. The lowest BCUT2D eigenvalue weighted by molar-refractivity contribution is -0.856. The van der Waals surface area contributed by atoms with E-state index in [1.165, 1.54) is 16.2 Å². The monoisotopic (exact) mass is 400 g/mol. The minimum absolute atomic E-state index is 0.0319. The van der Waals surface area contributed by atoms with Crippen LogP contribution in [-0.2, 0) is 11.2 Å². The summed E-state index contributed by atoms with van der Waals surface area (Å²) in [6.07, 6.45) is 0.341. The summed E-state index contributed by atoms with van der Waals surface area (Å²) in [4.78, 5) is 20.9. The summed E-state index contributed by atoms with van der Waals surface area (Å²) in [5.41, 5.74) is 1.71. The van der Waals surface area contributed by atoms with E-state index in [4.69, 9.17) is 14.5 Å². The fraction of sp³-hybridized carbons (Fsp3) is 0.333. The number of carbonyl (C=O) groups is 1. The summed E-state index contributed by atoms with van der Waals surface area (Å²) < 4.78 is 11.8. The molecule has 0 saturated carbocycles. The number of quaternary nitrogens is 1. The van der Waals surface area contributed by atoms with Crippen LogP contribution in [0.2, 0.25) is 0 Å². The van der Waals surface area contributed by atoms with Gasteiger partial charge in [-0.15, -0.1) is 0 Å². The lowest BCUT2D eigenvalue weighted by Crippen LogP contribution is -3.06. The van der Waals surface area contributed by atoms with Crippen molar-refractivity contribution in [2.75, 3.05) is 46.3 Å². The number of amides is 1. The number of likely N-dealkylation sites (N-methyl/N-ethyl adjacent to an activating group) is 1. The average molecular weight is 401 g/mol. The molecule has 3 rings (SSSR count).